The van der Waals surface area contributed by atoms with Crippen LogP contribution in [0.2, 0.25) is 0 Å². The van der Waals surface area contributed by atoms with Crippen LogP contribution in [0.15, 0.2) is 18.2 Å². The van der Waals surface area contributed by atoms with Crippen LogP contribution in [-0.4, -0.2) is 38.7 Å². The van der Waals surface area contributed by atoms with E-state index in [1.54, 1.807) is 6.07 Å². The van der Waals surface area contributed by atoms with E-state index in [9.17, 15) is 27.9 Å². The molecule has 3 aliphatic rings. The van der Waals surface area contributed by atoms with Crippen LogP contribution < -0.4 is 11.1 Å². The maximum absolute atomic E-state index is 13.8. The summed E-state index contributed by atoms with van der Waals surface area (Å²) in [6, 6.07) is 4.63. The lowest BCUT2D eigenvalue weighted by molar-refractivity contribution is -0.141. The van der Waals surface area contributed by atoms with E-state index in [1.165, 1.54) is 16.8 Å². The molecule has 0 spiro atoms. The Morgan fingerprint density at radius 2 is 1.83 bits per heavy atom. The normalized spacial score (nSPS) is 27.5. The van der Waals surface area contributed by atoms with Gasteiger partial charge in [-0.2, -0.15) is 18.3 Å². The van der Waals surface area contributed by atoms with E-state index in [4.69, 9.17) is 5.73 Å². The second-order valence-electron chi connectivity index (χ2n) is 11.1. The average molecular weight is 491 g/mol. The second-order valence-corrected chi connectivity index (χ2v) is 11.1. The smallest absolute Gasteiger partial charge is 0.393 e. The number of alkyl halides is 3. The van der Waals surface area contributed by atoms with Crippen molar-refractivity contribution in [2.45, 2.75) is 70.7 Å². The predicted octanol–water partition coefficient (Wildman–Crippen LogP) is 4.11. The van der Waals surface area contributed by atoms with Crippen molar-refractivity contribution in [2.75, 3.05) is 5.32 Å². The number of nitrogens with two attached hydrogens (primary N) is 1. The molecule has 2 aromatic rings. The average Bonchev–Trinajstić information content (AvgIpc) is 3.37. The van der Waals surface area contributed by atoms with E-state index in [1.807, 2.05) is 13.8 Å². The maximum Gasteiger partial charge on any atom is 0.435 e. The molecule has 2 saturated carbocycles. The zero-order valence-electron chi connectivity index (χ0n) is 19.7. The van der Waals surface area contributed by atoms with Gasteiger partial charge in [0.25, 0.3) is 5.91 Å². The molecule has 7 nitrogen and oxygen atoms in total. The van der Waals surface area contributed by atoms with Gasteiger partial charge in [0.05, 0.1) is 28.6 Å². The number of anilines is 1. The van der Waals surface area contributed by atoms with Crippen LogP contribution >= 0.6 is 0 Å². The van der Waals surface area contributed by atoms with Gasteiger partial charge in [-0.3, -0.25) is 9.59 Å². The van der Waals surface area contributed by atoms with Gasteiger partial charge in [-0.1, -0.05) is 13.8 Å². The molecule has 4 N–H and O–H groups in total. The molecule has 0 aliphatic heterocycles. The summed E-state index contributed by atoms with van der Waals surface area (Å²) in [4.78, 5) is 24.8. The summed E-state index contributed by atoms with van der Waals surface area (Å²) in [5.74, 6) is -0.407. The molecule has 10 heteroatoms. The SMILES string of the molecule is CC1(C)CC(=O)c2c(C(F)(F)F)nn(-c3ccc(C(N)=O)c(NC4C[C@H]5CC(O)C[C@H]5C4)c3)c2C1. The van der Waals surface area contributed by atoms with E-state index < -0.39 is 29.0 Å². The Morgan fingerprint density at radius 1 is 1.17 bits per heavy atom. The van der Waals surface area contributed by atoms with Gasteiger partial charge in [-0.15, -0.1) is 0 Å². The molecule has 0 saturated heterocycles. The second kappa shape index (κ2) is 8.08. The zero-order chi connectivity index (χ0) is 25.3. The number of nitrogens with zero attached hydrogens (tertiary/aromatic N) is 2. The van der Waals surface area contributed by atoms with Gasteiger partial charge in [0.1, 0.15) is 0 Å². The molecule has 1 heterocycles. The summed E-state index contributed by atoms with van der Waals surface area (Å²) in [6.45, 7) is 3.69. The first-order chi connectivity index (χ1) is 16.3. The number of fused-ring (bicyclic) bond motifs is 2. The van der Waals surface area contributed by atoms with Crippen LogP contribution in [0.1, 0.15) is 78.1 Å². The third-order valence-electron chi connectivity index (χ3n) is 7.68. The summed E-state index contributed by atoms with van der Waals surface area (Å²) in [6.07, 6.45) is -1.58. The zero-order valence-corrected chi connectivity index (χ0v) is 19.7. The maximum atomic E-state index is 13.8. The molecule has 35 heavy (non-hydrogen) atoms. The number of amides is 1. The van der Waals surface area contributed by atoms with Crippen molar-refractivity contribution >= 4 is 17.4 Å². The van der Waals surface area contributed by atoms with E-state index in [-0.39, 0.29) is 41.8 Å². The third kappa shape index (κ3) is 4.32. The summed E-state index contributed by atoms with van der Waals surface area (Å²) in [5, 5.41) is 17.1. The number of Topliss-reactive ketones (excluding diaryl/α,β-unsaturated/α-hetero) is 1. The monoisotopic (exact) mass is 490 g/mol. The summed E-state index contributed by atoms with van der Waals surface area (Å²) in [5.41, 5.74) is 4.74. The standard InChI is InChI=1S/C25H29F3N4O3/c1-24(2)10-19-21(20(34)11-24)22(25(26,27)28)31-32(19)15-3-4-17(23(29)35)18(9-15)30-14-5-12-7-16(33)8-13(12)6-14/h3-4,9,12-14,16,30,33H,5-8,10-11H2,1-2H3,(H2,29,35)/t12-,13+,14?,16?. The molecule has 2 fully saturated rings. The molecule has 4 atom stereocenters. The van der Waals surface area contributed by atoms with Crippen LogP contribution in [0, 0.1) is 17.3 Å². The molecule has 0 radical (unpaired) electrons. The lowest BCUT2D eigenvalue weighted by Crippen LogP contribution is -2.29. The van der Waals surface area contributed by atoms with Crippen LogP contribution in [0.4, 0.5) is 18.9 Å². The van der Waals surface area contributed by atoms with Crippen molar-refractivity contribution in [1.29, 1.82) is 0 Å². The number of nitrogens with one attached hydrogen (secondary N) is 1. The fourth-order valence-corrected chi connectivity index (χ4v) is 6.28. The molecule has 1 aromatic heterocycles. The number of ketones is 1. The number of halogens is 3. The van der Waals surface area contributed by atoms with Crippen molar-refractivity contribution < 1.29 is 27.9 Å². The highest BCUT2D eigenvalue weighted by atomic mass is 19.4. The number of aromatic nitrogens is 2. The lowest BCUT2D eigenvalue weighted by Gasteiger charge is -2.29. The largest absolute Gasteiger partial charge is 0.435 e. The van der Waals surface area contributed by atoms with Crippen LogP contribution in [-0.2, 0) is 12.6 Å². The predicted molar refractivity (Wildman–Crippen MR) is 122 cm³/mol. The summed E-state index contributed by atoms with van der Waals surface area (Å²) < 4.78 is 42.6. The number of benzene rings is 1. The minimum Gasteiger partial charge on any atom is -0.393 e. The van der Waals surface area contributed by atoms with Crippen molar-refractivity contribution in [2.24, 2.45) is 23.0 Å². The van der Waals surface area contributed by atoms with Gasteiger partial charge in [0.2, 0.25) is 0 Å². The highest BCUT2D eigenvalue weighted by Gasteiger charge is 2.45. The first kappa shape index (κ1) is 23.8. The molecule has 1 aromatic carbocycles. The quantitative estimate of drug-likeness (QED) is 0.598. The number of aliphatic hydroxyl groups is 1. The Hall–Kier alpha value is -2.88. The van der Waals surface area contributed by atoms with E-state index in [0.717, 1.165) is 25.7 Å². The Balaban J connectivity index is 1.55. The molecular weight excluding hydrogens is 461 g/mol. The van der Waals surface area contributed by atoms with Crippen molar-refractivity contribution in [3.8, 4) is 5.69 Å². The van der Waals surface area contributed by atoms with Crippen LogP contribution in [0.3, 0.4) is 0 Å². The van der Waals surface area contributed by atoms with Crippen molar-refractivity contribution in [3.05, 3.63) is 40.7 Å². The Bertz CT molecular complexity index is 1190. The van der Waals surface area contributed by atoms with Gasteiger partial charge < -0.3 is 16.2 Å². The minimum absolute atomic E-state index is 0.0148. The third-order valence-corrected chi connectivity index (χ3v) is 7.68. The fourth-order valence-electron chi connectivity index (χ4n) is 6.28. The number of carbonyl (C=O) groups is 2. The van der Waals surface area contributed by atoms with Gasteiger partial charge in [0.15, 0.2) is 11.5 Å². The molecule has 2 unspecified atom stereocenters. The first-order valence-electron chi connectivity index (χ1n) is 11.9. The van der Waals surface area contributed by atoms with E-state index in [2.05, 4.69) is 10.4 Å². The van der Waals surface area contributed by atoms with Gasteiger partial charge in [-0.05, 0) is 67.6 Å². The number of rotatable bonds is 4. The van der Waals surface area contributed by atoms with Gasteiger partial charge >= 0.3 is 6.18 Å². The summed E-state index contributed by atoms with van der Waals surface area (Å²) in [7, 11) is 0. The highest BCUT2D eigenvalue weighted by molar-refractivity contribution is 6.00. The van der Waals surface area contributed by atoms with E-state index in [0.29, 0.717) is 23.2 Å². The van der Waals surface area contributed by atoms with Crippen LogP contribution in [0.25, 0.3) is 5.69 Å². The molecule has 1 amide bonds. The van der Waals surface area contributed by atoms with Gasteiger partial charge in [-0.25, -0.2) is 4.68 Å². The Morgan fingerprint density at radius 3 is 2.43 bits per heavy atom. The Labute approximate surface area is 200 Å². The van der Waals surface area contributed by atoms with Crippen molar-refractivity contribution in [1.82, 2.24) is 9.78 Å². The lowest BCUT2D eigenvalue weighted by atomic mass is 9.75. The molecule has 0 bridgehead atoms. The van der Waals surface area contributed by atoms with Crippen LogP contribution in [0.5, 0.6) is 0 Å². The van der Waals surface area contributed by atoms with Gasteiger partial charge in [0, 0.05) is 18.2 Å². The number of primary amides is 1. The number of hydrogen-bond donors (Lipinski definition) is 3. The minimum atomic E-state index is -4.77. The number of hydrogen-bond acceptors (Lipinski definition) is 5. The molecular formula is C25H29F3N4O3. The molecule has 5 rings (SSSR count). The molecule has 188 valence electrons. The number of aliphatic hydroxyl groups excluding tert-OH is 1. The highest BCUT2D eigenvalue weighted by Crippen LogP contribution is 2.45. The molecule has 3 aliphatic carbocycles. The first-order valence-corrected chi connectivity index (χ1v) is 11.9. The van der Waals surface area contributed by atoms with E-state index >= 15 is 0 Å². The topological polar surface area (TPSA) is 110 Å². The van der Waals surface area contributed by atoms with Crippen molar-refractivity contribution in [3.63, 3.8) is 0 Å². The summed E-state index contributed by atoms with van der Waals surface area (Å²) >= 11 is 0. The number of carbonyl (C=O) groups excluding carboxylic acids is 2. The Kier molecular flexibility index (Phi) is 5.50. The fraction of sp³-hybridized carbons (Fsp3) is 0.560.